The van der Waals surface area contributed by atoms with Crippen molar-refractivity contribution in [2.24, 2.45) is 5.92 Å². The van der Waals surface area contributed by atoms with Gasteiger partial charge in [-0.2, -0.15) is 0 Å². The van der Waals surface area contributed by atoms with Crippen molar-refractivity contribution in [1.29, 1.82) is 0 Å². The molecule has 2 saturated heterocycles. The summed E-state index contributed by atoms with van der Waals surface area (Å²) in [4.78, 5) is 22.3. The Balaban J connectivity index is 1.68. The Labute approximate surface area is 177 Å². The summed E-state index contributed by atoms with van der Waals surface area (Å²) in [6, 6.07) is 3.35. The molecule has 4 heterocycles. The predicted molar refractivity (Wildman–Crippen MR) is 110 cm³/mol. The quantitative estimate of drug-likeness (QED) is 0.640. The van der Waals surface area contributed by atoms with Gasteiger partial charge in [-0.3, -0.25) is 9.20 Å². The van der Waals surface area contributed by atoms with Crippen LogP contribution in [0, 0.1) is 31.4 Å². The molecule has 1 aromatic carbocycles. The van der Waals surface area contributed by atoms with E-state index in [1.807, 2.05) is 0 Å². The van der Waals surface area contributed by atoms with Gasteiger partial charge in [-0.05, 0) is 38.8 Å². The number of rotatable bonds is 3. The summed E-state index contributed by atoms with van der Waals surface area (Å²) >= 11 is 0. The number of halogens is 2. The Hall–Kier alpha value is -2.71. The van der Waals surface area contributed by atoms with E-state index < -0.39 is 11.6 Å². The van der Waals surface area contributed by atoms with Crippen LogP contribution < -0.4 is 5.56 Å². The summed E-state index contributed by atoms with van der Waals surface area (Å²) in [6.45, 7) is 5.42. The van der Waals surface area contributed by atoms with Crippen molar-refractivity contribution in [2.75, 3.05) is 19.8 Å². The van der Waals surface area contributed by atoms with Gasteiger partial charge in [-0.25, -0.2) is 18.7 Å². The summed E-state index contributed by atoms with van der Waals surface area (Å²) in [5.74, 6) is -0.990. The smallest absolute Gasteiger partial charge is 0.261 e. The van der Waals surface area contributed by atoms with E-state index in [0.29, 0.717) is 42.7 Å². The zero-order valence-corrected chi connectivity index (χ0v) is 17.4. The molecule has 0 unspecified atom stereocenters. The van der Waals surface area contributed by atoms with Gasteiger partial charge in [-0.1, -0.05) is 0 Å². The van der Waals surface area contributed by atoms with E-state index in [1.54, 1.807) is 20.0 Å². The Morgan fingerprint density at radius 3 is 2.68 bits per heavy atom. The SMILES string of the molecule is Cc1nc2c(-c3ccc(F)cc3F)nc([C@H]3CCO[C@@H](C4COC4)C3)cn2c(=O)c1C. The predicted octanol–water partition coefficient (Wildman–Crippen LogP) is 3.56. The third kappa shape index (κ3) is 3.53. The molecule has 0 aliphatic carbocycles. The fraction of sp³-hybridized carbons (Fsp3) is 0.435. The maximum absolute atomic E-state index is 14.7. The molecule has 2 aromatic heterocycles. The monoisotopic (exact) mass is 427 g/mol. The van der Waals surface area contributed by atoms with Crippen LogP contribution >= 0.6 is 0 Å². The fourth-order valence-electron chi connectivity index (χ4n) is 4.31. The summed E-state index contributed by atoms with van der Waals surface area (Å²) in [7, 11) is 0. The van der Waals surface area contributed by atoms with Crippen LogP contribution in [0.15, 0.2) is 29.2 Å². The standard InChI is InChI=1S/C23H23F2N3O3/c1-12-13(2)26-22-21(17-4-3-16(24)8-18(17)25)27-19(9-28(22)23(12)29)14-5-6-31-20(7-14)15-10-30-11-15/h3-4,8-9,14-15,20H,5-7,10-11H2,1-2H3/t14-,20+/m0/s1. The molecule has 5 rings (SSSR count). The van der Waals surface area contributed by atoms with Crippen molar-refractivity contribution in [2.45, 2.75) is 38.7 Å². The molecular weight excluding hydrogens is 404 g/mol. The summed E-state index contributed by atoms with van der Waals surface area (Å²) < 4.78 is 40.9. The highest BCUT2D eigenvalue weighted by Crippen LogP contribution is 2.35. The molecule has 8 heteroatoms. The average Bonchev–Trinajstić information content (AvgIpc) is 2.71. The molecule has 0 saturated carbocycles. The second-order valence-electron chi connectivity index (χ2n) is 8.39. The zero-order valence-electron chi connectivity index (χ0n) is 17.4. The topological polar surface area (TPSA) is 65.7 Å². The zero-order chi connectivity index (χ0) is 21.7. The Morgan fingerprint density at radius 1 is 1.16 bits per heavy atom. The largest absolute Gasteiger partial charge is 0.380 e. The molecular formula is C23H23F2N3O3. The molecule has 2 fully saturated rings. The molecule has 162 valence electrons. The molecule has 31 heavy (non-hydrogen) atoms. The highest BCUT2D eigenvalue weighted by molar-refractivity contribution is 5.74. The Kier molecular flexibility index (Phi) is 5.06. The van der Waals surface area contributed by atoms with Gasteiger partial charge >= 0.3 is 0 Å². The molecule has 2 atom stereocenters. The first-order valence-electron chi connectivity index (χ1n) is 10.5. The van der Waals surface area contributed by atoms with Gasteiger partial charge in [0, 0.05) is 47.5 Å². The van der Waals surface area contributed by atoms with E-state index in [4.69, 9.17) is 14.5 Å². The molecule has 0 bridgehead atoms. The van der Waals surface area contributed by atoms with Crippen molar-refractivity contribution in [1.82, 2.24) is 14.4 Å². The van der Waals surface area contributed by atoms with E-state index in [1.165, 1.54) is 16.5 Å². The molecule has 0 radical (unpaired) electrons. The van der Waals surface area contributed by atoms with Gasteiger partial charge in [0.1, 0.15) is 17.3 Å². The number of hydrogen-bond acceptors (Lipinski definition) is 5. The summed E-state index contributed by atoms with van der Waals surface area (Å²) in [5, 5.41) is 0. The van der Waals surface area contributed by atoms with E-state index in [0.717, 1.165) is 18.9 Å². The first kappa shape index (κ1) is 20.2. The lowest BCUT2D eigenvalue weighted by atomic mass is 9.86. The Morgan fingerprint density at radius 2 is 1.97 bits per heavy atom. The van der Waals surface area contributed by atoms with Gasteiger partial charge in [0.05, 0.1) is 25.0 Å². The van der Waals surface area contributed by atoms with Crippen LogP contribution in [-0.4, -0.2) is 40.3 Å². The van der Waals surface area contributed by atoms with Gasteiger partial charge in [0.25, 0.3) is 5.56 Å². The van der Waals surface area contributed by atoms with Gasteiger partial charge in [-0.15, -0.1) is 0 Å². The number of hydrogen-bond donors (Lipinski definition) is 0. The fourth-order valence-corrected chi connectivity index (χ4v) is 4.31. The molecule has 0 amide bonds. The minimum absolute atomic E-state index is 0.0551. The van der Waals surface area contributed by atoms with E-state index in [2.05, 4.69) is 4.98 Å². The van der Waals surface area contributed by atoms with Gasteiger partial charge < -0.3 is 9.47 Å². The van der Waals surface area contributed by atoms with Crippen molar-refractivity contribution >= 4 is 5.65 Å². The van der Waals surface area contributed by atoms with Crippen LogP contribution in [0.2, 0.25) is 0 Å². The normalized spacial score (nSPS) is 21.9. The highest BCUT2D eigenvalue weighted by Gasteiger charge is 2.35. The molecule has 2 aliphatic heterocycles. The minimum atomic E-state index is -0.740. The van der Waals surface area contributed by atoms with E-state index in [-0.39, 0.29) is 34.5 Å². The van der Waals surface area contributed by atoms with E-state index >= 15 is 0 Å². The van der Waals surface area contributed by atoms with Crippen LogP contribution in [-0.2, 0) is 9.47 Å². The maximum Gasteiger partial charge on any atom is 0.261 e. The first-order valence-corrected chi connectivity index (χ1v) is 10.5. The van der Waals surface area contributed by atoms with Crippen molar-refractivity contribution in [3.63, 3.8) is 0 Å². The molecule has 0 N–H and O–H groups in total. The van der Waals surface area contributed by atoms with Gasteiger partial charge in [0.15, 0.2) is 5.65 Å². The lowest BCUT2D eigenvalue weighted by Crippen LogP contribution is -2.42. The van der Waals surface area contributed by atoms with Gasteiger partial charge in [0.2, 0.25) is 0 Å². The number of benzene rings is 1. The van der Waals surface area contributed by atoms with Crippen molar-refractivity contribution in [3.05, 3.63) is 63.3 Å². The van der Waals surface area contributed by atoms with Crippen LogP contribution in [0.4, 0.5) is 8.78 Å². The number of nitrogens with zero attached hydrogens (tertiary/aromatic N) is 3. The van der Waals surface area contributed by atoms with Crippen LogP contribution in [0.25, 0.3) is 16.9 Å². The molecule has 0 spiro atoms. The first-order chi connectivity index (χ1) is 14.9. The molecule has 6 nitrogen and oxygen atoms in total. The summed E-state index contributed by atoms with van der Waals surface area (Å²) in [6.07, 6.45) is 3.30. The minimum Gasteiger partial charge on any atom is -0.380 e. The van der Waals surface area contributed by atoms with Crippen LogP contribution in [0.3, 0.4) is 0 Å². The molecule has 3 aromatic rings. The lowest BCUT2D eigenvalue weighted by molar-refractivity contribution is -0.130. The number of ether oxygens (including phenoxy) is 2. The third-order valence-corrected chi connectivity index (χ3v) is 6.41. The average molecular weight is 427 g/mol. The van der Waals surface area contributed by atoms with Crippen molar-refractivity contribution < 1.29 is 18.3 Å². The van der Waals surface area contributed by atoms with Crippen molar-refractivity contribution in [3.8, 4) is 11.3 Å². The van der Waals surface area contributed by atoms with E-state index in [9.17, 15) is 13.6 Å². The molecule has 2 aliphatic rings. The summed E-state index contributed by atoms with van der Waals surface area (Å²) in [5.41, 5.74) is 2.17. The van der Waals surface area contributed by atoms with Crippen LogP contribution in [0.5, 0.6) is 0 Å². The number of aryl methyl sites for hydroxylation is 1. The highest BCUT2D eigenvalue weighted by atomic mass is 19.1. The number of fused-ring (bicyclic) bond motifs is 1. The lowest BCUT2D eigenvalue weighted by Gasteiger charge is -2.38. The Bertz CT molecular complexity index is 1220. The maximum atomic E-state index is 14.7. The second kappa shape index (κ2) is 7.76. The second-order valence-corrected chi connectivity index (χ2v) is 8.39. The van der Waals surface area contributed by atoms with Crippen LogP contribution in [0.1, 0.15) is 35.7 Å². The number of aromatic nitrogens is 3. The third-order valence-electron chi connectivity index (χ3n) is 6.41.